The van der Waals surface area contributed by atoms with Gasteiger partial charge in [0, 0.05) is 19.5 Å². The molecule has 1 fully saturated rings. The number of carbonyl (C=O) groups is 2. The van der Waals surface area contributed by atoms with E-state index < -0.39 is 16.7 Å². The summed E-state index contributed by atoms with van der Waals surface area (Å²) in [5, 5.41) is 4.85. The Morgan fingerprint density at radius 1 is 1.21 bits per heavy atom. The summed E-state index contributed by atoms with van der Waals surface area (Å²) in [6, 6.07) is 2.28. The lowest BCUT2D eigenvalue weighted by Crippen LogP contribution is -2.35. The summed E-state index contributed by atoms with van der Waals surface area (Å²) in [4.78, 5) is 23.5. The molecule has 2 N–H and O–H groups in total. The molecule has 0 spiro atoms. The molecule has 0 aliphatic heterocycles. The van der Waals surface area contributed by atoms with E-state index in [1.165, 1.54) is 6.07 Å². The molecule has 1 aliphatic carbocycles. The highest BCUT2D eigenvalue weighted by atomic mass is 35.5. The van der Waals surface area contributed by atoms with E-state index in [9.17, 15) is 18.4 Å². The van der Waals surface area contributed by atoms with Gasteiger partial charge in [-0.1, -0.05) is 17.7 Å². The van der Waals surface area contributed by atoms with Gasteiger partial charge in [0.25, 0.3) is 0 Å². The fraction of sp³-hybridized carbons (Fsp3) is 0.529. The lowest BCUT2D eigenvalue weighted by molar-refractivity contribution is -0.126. The van der Waals surface area contributed by atoms with Crippen LogP contribution in [0, 0.1) is 23.5 Å². The maximum absolute atomic E-state index is 13.8. The van der Waals surface area contributed by atoms with Crippen LogP contribution in [0.2, 0.25) is 5.02 Å². The normalized spacial score (nSPS) is 20.5. The van der Waals surface area contributed by atoms with Crippen LogP contribution in [0.3, 0.4) is 0 Å². The molecule has 132 valence electrons. The van der Waals surface area contributed by atoms with Crippen molar-refractivity contribution < 1.29 is 18.4 Å². The Morgan fingerprint density at radius 2 is 1.88 bits per heavy atom. The van der Waals surface area contributed by atoms with Crippen LogP contribution in [-0.4, -0.2) is 25.4 Å². The van der Waals surface area contributed by atoms with Crippen molar-refractivity contribution in [3.05, 3.63) is 34.4 Å². The number of benzene rings is 1. The fourth-order valence-electron chi connectivity index (χ4n) is 3.03. The van der Waals surface area contributed by atoms with E-state index in [-0.39, 0.29) is 29.7 Å². The summed E-state index contributed by atoms with van der Waals surface area (Å²) < 4.78 is 26.9. The zero-order valence-electron chi connectivity index (χ0n) is 13.5. The Kier molecular flexibility index (Phi) is 6.54. The van der Waals surface area contributed by atoms with E-state index in [1.54, 1.807) is 7.05 Å². The van der Waals surface area contributed by atoms with Crippen LogP contribution in [0.25, 0.3) is 0 Å². The average Bonchev–Trinajstić information content (AvgIpc) is 2.60. The van der Waals surface area contributed by atoms with Crippen molar-refractivity contribution in [1.29, 1.82) is 0 Å². The van der Waals surface area contributed by atoms with E-state index in [4.69, 9.17) is 11.6 Å². The lowest BCUT2D eigenvalue weighted by Gasteiger charge is -2.27. The van der Waals surface area contributed by atoms with Crippen LogP contribution in [-0.2, 0) is 16.0 Å². The minimum absolute atomic E-state index is 0.0532. The second-order valence-electron chi connectivity index (χ2n) is 6.15. The van der Waals surface area contributed by atoms with E-state index in [1.807, 2.05) is 0 Å². The van der Waals surface area contributed by atoms with Crippen LogP contribution >= 0.6 is 11.6 Å². The summed E-state index contributed by atoms with van der Waals surface area (Å²) in [5.41, 5.74) is 0.0715. The molecule has 0 bridgehead atoms. The predicted octanol–water partition coefficient (Wildman–Crippen LogP) is 2.83. The molecule has 2 amide bonds. The topological polar surface area (TPSA) is 58.2 Å². The Bertz CT molecular complexity index is 617. The zero-order valence-corrected chi connectivity index (χ0v) is 14.3. The molecule has 0 radical (unpaired) electrons. The number of nitrogens with one attached hydrogen (secondary N) is 2. The van der Waals surface area contributed by atoms with Gasteiger partial charge in [-0.05, 0) is 43.2 Å². The van der Waals surface area contributed by atoms with Crippen molar-refractivity contribution in [3.63, 3.8) is 0 Å². The van der Waals surface area contributed by atoms with Gasteiger partial charge in [0.1, 0.15) is 16.7 Å². The van der Waals surface area contributed by atoms with Gasteiger partial charge in [-0.25, -0.2) is 8.78 Å². The van der Waals surface area contributed by atoms with Crippen LogP contribution in [0.4, 0.5) is 8.78 Å². The monoisotopic (exact) mass is 358 g/mol. The van der Waals surface area contributed by atoms with Crippen molar-refractivity contribution in [1.82, 2.24) is 10.6 Å². The number of halogens is 3. The molecule has 0 unspecified atom stereocenters. The van der Waals surface area contributed by atoms with Gasteiger partial charge in [0.05, 0.1) is 6.42 Å². The second kappa shape index (κ2) is 8.42. The van der Waals surface area contributed by atoms with Crippen LogP contribution in [0.15, 0.2) is 12.1 Å². The highest BCUT2D eigenvalue weighted by Crippen LogP contribution is 2.28. The van der Waals surface area contributed by atoms with E-state index >= 15 is 0 Å². The molecule has 0 aromatic heterocycles. The zero-order chi connectivity index (χ0) is 17.7. The smallest absolute Gasteiger partial charge is 0.224 e. The largest absolute Gasteiger partial charge is 0.359 e. The minimum Gasteiger partial charge on any atom is -0.359 e. The number of hydrogen-bond donors (Lipinski definition) is 2. The molecule has 4 nitrogen and oxygen atoms in total. The van der Waals surface area contributed by atoms with Crippen LogP contribution in [0.1, 0.15) is 31.2 Å². The summed E-state index contributed by atoms with van der Waals surface area (Å²) in [6.07, 6.45) is 3.18. The second-order valence-corrected chi connectivity index (χ2v) is 6.53. The summed E-state index contributed by atoms with van der Waals surface area (Å²) in [5.74, 6) is -1.62. The van der Waals surface area contributed by atoms with Crippen molar-refractivity contribution in [2.24, 2.45) is 11.8 Å². The first-order valence-corrected chi connectivity index (χ1v) is 8.40. The predicted molar refractivity (Wildman–Crippen MR) is 87.6 cm³/mol. The average molecular weight is 359 g/mol. The molecule has 2 rings (SSSR count). The fourth-order valence-corrected chi connectivity index (χ4v) is 3.21. The lowest BCUT2D eigenvalue weighted by atomic mass is 9.81. The van der Waals surface area contributed by atoms with E-state index in [2.05, 4.69) is 10.6 Å². The van der Waals surface area contributed by atoms with Gasteiger partial charge in [-0.2, -0.15) is 0 Å². The molecule has 7 heteroatoms. The number of hydrogen-bond acceptors (Lipinski definition) is 2. The molecule has 1 aromatic carbocycles. The van der Waals surface area contributed by atoms with Gasteiger partial charge in [-0.15, -0.1) is 0 Å². The van der Waals surface area contributed by atoms with Crippen molar-refractivity contribution >= 4 is 23.4 Å². The maximum Gasteiger partial charge on any atom is 0.224 e. The van der Waals surface area contributed by atoms with E-state index in [0.29, 0.717) is 12.5 Å². The molecule has 0 atom stereocenters. The van der Waals surface area contributed by atoms with E-state index in [0.717, 1.165) is 31.7 Å². The first kappa shape index (κ1) is 18.6. The molecular formula is C17H21ClF2N2O2. The highest BCUT2D eigenvalue weighted by Gasteiger charge is 2.25. The van der Waals surface area contributed by atoms with Crippen molar-refractivity contribution in [2.75, 3.05) is 13.6 Å². The Labute approximate surface area is 144 Å². The van der Waals surface area contributed by atoms with Crippen molar-refractivity contribution in [2.45, 2.75) is 32.1 Å². The molecule has 1 aliphatic rings. The van der Waals surface area contributed by atoms with Crippen LogP contribution < -0.4 is 10.6 Å². The molecule has 1 aromatic rings. The quantitative estimate of drug-likeness (QED) is 0.795. The third-order valence-corrected chi connectivity index (χ3v) is 4.86. The standard InChI is InChI=1S/C17H21ClF2N2O2/c1-21-17(24)11-4-2-10(3-5-11)9-22-14(23)8-12-6-7-13(19)15(18)16(12)20/h6-7,10-11H,2-5,8-9H2,1H3,(H,21,24)(H,22,23). The SMILES string of the molecule is CNC(=O)C1CCC(CNC(=O)Cc2ccc(F)c(Cl)c2F)CC1. The Hall–Kier alpha value is -1.69. The molecule has 0 heterocycles. The van der Waals surface area contributed by atoms with Gasteiger partial charge in [0.15, 0.2) is 0 Å². The minimum atomic E-state index is -0.891. The van der Waals surface area contributed by atoms with Crippen LogP contribution in [0.5, 0.6) is 0 Å². The first-order valence-electron chi connectivity index (χ1n) is 8.03. The van der Waals surface area contributed by atoms with Gasteiger partial charge >= 0.3 is 0 Å². The van der Waals surface area contributed by atoms with Gasteiger partial charge < -0.3 is 10.6 Å². The highest BCUT2D eigenvalue weighted by molar-refractivity contribution is 6.31. The first-order chi connectivity index (χ1) is 11.4. The molecule has 24 heavy (non-hydrogen) atoms. The van der Waals surface area contributed by atoms with Gasteiger partial charge in [0.2, 0.25) is 11.8 Å². The Balaban J connectivity index is 1.78. The molecule has 0 saturated heterocycles. The Morgan fingerprint density at radius 3 is 2.50 bits per heavy atom. The number of amides is 2. The molecule has 1 saturated carbocycles. The summed E-state index contributed by atoms with van der Waals surface area (Å²) in [6.45, 7) is 0.496. The number of carbonyl (C=O) groups excluding carboxylic acids is 2. The third-order valence-electron chi connectivity index (χ3n) is 4.52. The maximum atomic E-state index is 13.8. The summed E-state index contributed by atoms with van der Waals surface area (Å²) in [7, 11) is 1.63. The van der Waals surface area contributed by atoms with Crippen molar-refractivity contribution in [3.8, 4) is 0 Å². The number of rotatable bonds is 5. The summed E-state index contributed by atoms with van der Waals surface area (Å²) >= 11 is 5.50. The van der Waals surface area contributed by atoms with Gasteiger partial charge in [-0.3, -0.25) is 9.59 Å². The molecular weight excluding hydrogens is 338 g/mol. The third kappa shape index (κ3) is 4.66.